The van der Waals surface area contributed by atoms with Gasteiger partial charge in [0, 0.05) is 25.7 Å². The molecule has 0 saturated carbocycles. The third-order valence-electron chi connectivity index (χ3n) is 4.18. The molecule has 1 aromatic heterocycles. The molecule has 23 heavy (non-hydrogen) atoms. The molecule has 1 amide bonds. The van der Waals surface area contributed by atoms with Gasteiger partial charge in [-0.25, -0.2) is 0 Å². The molecule has 1 heterocycles. The van der Waals surface area contributed by atoms with Gasteiger partial charge in [0.05, 0.1) is 5.69 Å². The van der Waals surface area contributed by atoms with Crippen LogP contribution in [0.3, 0.4) is 0 Å². The van der Waals surface area contributed by atoms with Gasteiger partial charge >= 0.3 is 0 Å². The Morgan fingerprint density at radius 3 is 2.30 bits per heavy atom. The van der Waals surface area contributed by atoms with Crippen molar-refractivity contribution in [3.8, 4) is 11.3 Å². The summed E-state index contributed by atoms with van der Waals surface area (Å²) in [6.07, 6.45) is 1.93. The molecule has 0 saturated heterocycles. The maximum absolute atomic E-state index is 12.8. The van der Waals surface area contributed by atoms with E-state index >= 15 is 0 Å². The number of carbonyl (C=O) groups is 1. The van der Waals surface area contributed by atoms with E-state index < -0.39 is 0 Å². The van der Waals surface area contributed by atoms with Gasteiger partial charge in [0.2, 0.25) is 0 Å². The minimum absolute atomic E-state index is 0.0683. The van der Waals surface area contributed by atoms with Crippen LogP contribution in [0.1, 0.15) is 48.3 Å². The number of benzene rings is 1. The van der Waals surface area contributed by atoms with Crippen LogP contribution >= 0.6 is 0 Å². The zero-order chi connectivity index (χ0) is 17.0. The van der Waals surface area contributed by atoms with Crippen molar-refractivity contribution in [2.45, 2.75) is 40.5 Å². The molecule has 0 bridgehead atoms. The first-order valence-electron chi connectivity index (χ1n) is 8.38. The van der Waals surface area contributed by atoms with Crippen molar-refractivity contribution in [3.63, 3.8) is 0 Å². The Morgan fingerprint density at radius 2 is 1.74 bits per heavy atom. The maximum Gasteiger partial charge on any atom is 0.272 e. The van der Waals surface area contributed by atoms with Gasteiger partial charge in [0.1, 0.15) is 5.69 Å². The molecule has 0 spiro atoms. The van der Waals surface area contributed by atoms with E-state index in [1.165, 1.54) is 11.1 Å². The number of aromatic nitrogens is 2. The third kappa shape index (κ3) is 3.81. The highest BCUT2D eigenvalue weighted by molar-refractivity contribution is 5.93. The van der Waals surface area contributed by atoms with Crippen molar-refractivity contribution >= 4 is 5.91 Å². The monoisotopic (exact) mass is 313 g/mol. The van der Waals surface area contributed by atoms with Crippen molar-refractivity contribution in [2.75, 3.05) is 13.1 Å². The molecule has 4 heteroatoms. The van der Waals surface area contributed by atoms with E-state index in [4.69, 9.17) is 0 Å². The highest BCUT2D eigenvalue weighted by Gasteiger charge is 2.19. The van der Waals surface area contributed by atoms with Crippen LogP contribution in [0, 0.1) is 13.8 Å². The maximum atomic E-state index is 12.8. The number of hydrogen-bond donors (Lipinski definition) is 0. The summed E-state index contributed by atoms with van der Waals surface area (Å²) in [7, 11) is 1.84. The molecule has 0 aliphatic carbocycles. The number of rotatable bonds is 6. The number of amides is 1. The molecule has 124 valence electrons. The van der Waals surface area contributed by atoms with Gasteiger partial charge in [-0.2, -0.15) is 5.10 Å². The Balaban J connectivity index is 2.33. The lowest BCUT2D eigenvalue weighted by molar-refractivity contribution is 0.0744. The highest BCUT2D eigenvalue weighted by atomic mass is 16.2. The molecule has 2 rings (SSSR count). The summed E-state index contributed by atoms with van der Waals surface area (Å²) in [4.78, 5) is 14.7. The van der Waals surface area contributed by atoms with Crippen molar-refractivity contribution in [1.82, 2.24) is 14.7 Å². The lowest BCUT2D eigenvalue weighted by Gasteiger charge is -2.21. The van der Waals surface area contributed by atoms with Gasteiger partial charge in [0.25, 0.3) is 5.91 Å². The summed E-state index contributed by atoms with van der Waals surface area (Å²) in [5.74, 6) is 0.0683. The standard InChI is InChI=1S/C19H27N3O/c1-6-10-22(11-7-2)19(23)18-13-17(20-21(18)5)16-9-8-14(3)15(4)12-16/h8-9,12-13H,6-7,10-11H2,1-5H3. The summed E-state index contributed by atoms with van der Waals surface area (Å²) in [5.41, 5.74) is 5.06. The predicted octanol–water partition coefficient (Wildman–Crippen LogP) is 3.97. The average molecular weight is 313 g/mol. The van der Waals surface area contributed by atoms with Crippen molar-refractivity contribution in [1.29, 1.82) is 0 Å². The Morgan fingerprint density at radius 1 is 1.09 bits per heavy atom. The van der Waals surface area contributed by atoms with Crippen LogP contribution in [0.4, 0.5) is 0 Å². The second kappa shape index (κ2) is 7.44. The number of hydrogen-bond acceptors (Lipinski definition) is 2. The number of aryl methyl sites for hydroxylation is 3. The fourth-order valence-electron chi connectivity index (χ4n) is 2.73. The summed E-state index contributed by atoms with van der Waals surface area (Å²) in [5, 5.41) is 4.54. The normalized spacial score (nSPS) is 10.8. The molecule has 2 aromatic rings. The fraction of sp³-hybridized carbons (Fsp3) is 0.474. The second-order valence-electron chi connectivity index (χ2n) is 6.13. The van der Waals surface area contributed by atoms with Crippen LogP contribution in [-0.4, -0.2) is 33.7 Å². The van der Waals surface area contributed by atoms with Crippen LogP contribution in [0.2, 0.25) is 0 Å². The molecular weight excluding hydrogens is 286 g/mol. The first-order valence-corrected chi connectivity index (χ1v) is 8.38. The topological polar surface area (TPSA) is 38.1 Å². The van der Waals surface area contributed by atoms with Gasteiger partial charge in [-0.1, -0.05) is 26.0 Å². The van der Waals surface area contributed by atoms with Crippen molar-refractivity contribution < 1.29 is 4.79 Å². The SMILES string of the molecule is CCCN(CCC)C(=O)c1cc(-c2ccc(C)c(C)c2)nn1C. The first-order chi connectivity index (χ1) is 11.0. The van der Waals surface area contributed by atoms with E-state index in [9.17, 15) is 4.79 Å². The molecule has 0 N–H and O–H groups in total. The highest BCUT2D eigenvalue weighted by Crippen LogP contribution is 2.22. The summed E-state index contributed by atoms with van der Waals surface area (Å²) >= 11 is 0. The third-order valence-corrected chi connectivity index (χ3v) is 4.18. The van der Waals surface area contributed by atoms with Crippen LogP contribution in [0.5, 0.6) is 0 Å². The minimum Gasteiger partial charge on any atom is -0.337 e. The Hall–Kier alpha value is -2.10. The van der Waals surface area contributed by atoms with E-state index in [1.807, 2.05) is 18.0 Å². The molecule has 0 atom stereocenters. The van der Waals surface area contributed by atoms with Gasteiger partial charge in [-0.3, -0.25) is 9.48 Å². The lowest BCUT2D eigenvalue weighted by Crippen LogP contribution is -2.33. The fourth-order valence-corrected chi connectivity index (χ4v) is 2.73. The molecule has 4 nitrogen and oxygen atoms in total. The number of nitrogens with zero attached hydrogens (tertiary/aromatic N) is 3. The summed E-state index contributed by atoms with van der Waals surface area (Å²) in [6, 6.07) is 8.20. The Kier molecular flexibility index (Phi) is 5.59. The number of carbonyl (C=O) groups excluding carboxylic acids is 1. The molecule has 0 aliphatic rings. The lowest BCUT2D eigenvalue weighted by atomic mass is 10.0. The molecule has 0 aliphatic heterocycles. The van der Waals surface area contributed by atoms with Crippen molar-refractivity contribution in [3.05, 3.63) is 41.1 Å². The Bertz CT molecular complexity index is 682. The first kappa shape index (κ1) is 17.3. The molecular formula is C19H27N3O. The average Bonchev–Trinajstić information content (AvgIpc) is 2.91. The van der Waals surface area contributed by atoms with Gasteiger partial charge in [-0.15, -0.1) is 0 Å². The zero-order valence-corrected chi connectivity index (χ0v) is 14.9. The predicted molar refractivity (Wildman–Crippen MR) is 94.6 cm³/mol. The quantitative estimate of drug-likeness (QED) is 0.809. The smallest absolute Gasteiger partial charge is 0.272 e. The molecule has 1 aromatic carbocycles. The van der Waals surface area contributed by atoms with Gasteiger partial charge in [0.15, 0.2) is 0 Å². The van der Waals surface area contributed by atoms with Crippen LogP contribution < -0.4 is 0 Å². The van der Waals surface area contributed by atoms with E-state index in [0.717, 1.165) is 37.2 Å². The van der Waals surface area contributed by atoms with Crippen LogP contribution in [0.25, 0.3) is 11.3 Å². The van der Waals surface area contributed by atoms with Crippen LogP contribution in [0.15, 0.2) is 24.3 Å². The van der Waals surface area contributed by atoms with Gasteiger partial charge < -0.3 is 4.90 Å². The largest absolute Gasteiger partial charge is 0.337 e. The summed E-state index contributed by atoms with van der Waals surface area (Å²) in [6.45, 7) is 9.96. The minimum atomic E-state index is 0.0683. The van der Waals surface area contributed by atoms with E-state index in [2.05, 4.69) is 51.0 Å². The van der Waals surface area contributed by atoms with Crippen LogP contribution in [-0.2, 0) is 7.05 Å². The van der Waals surface area contributed by atoms with Crippen molar-refractivity contribution in [2.24, 2.45) is 7.05 Å². The Labute approximate surface area is 139 Å². The summed E-state index contributed by atoms with van der Waals surface area (Å²) < 4.78 is 1.70. The van der Waals surface area contributed by atoms with E-state index in [-0.39, 0.29) is 5.91 Å². The van der Waals surface area contributed by atoms with E-state index in [1.54, 1.807) is 4.68 Å². The van der Waals surface area contributed by atoms with Gasteiger partial charge in [-0.05, 0) is 49.9 Å². The second-order valence-corrected chi connectivity index (χ2v) is 6.13. The molecule has 0 fully saturated rings. The molecule has 0 unspecified atom stereocenters. The van der Waals surface area contributed by atoms with E-state index in [0.29, 0.717) is 5.69 Å². The molecule has 0 radical (unpaired) electrons. The zero-order valence-electron chi connectivity index (χ0n) is 14.9.